The van der Waals surface area contributed by atoms with Gasteiger partial charge in [0.2, 0.25) is 11.8 Å². The van der Waals surface area contributed by atoms with Gasteiger partial charge < -0.3 is 22.1 Å². The van der Waals surface area contributed by atoms with E-state index in [2.05, 4.69) is 10.6 Å². The average Bonchev–Trinajstić information content (AvgIpc) is 2.69. The molecule has 0 saturated carbocycles. The van der Waals surface area contributed by atoms with Crippen molar-refractivity contribution in [3.05, 3.63) is 0 Å². The molecule has 0 bridgehead atoms. The van der Waals surface area contributed by atoms with Gasteiger partial charge in [0.15, 0.2) is 11.3 Å². The van der Waals surface area contributed by atoms with Crippen LogP contribution < -0.4 is 27.6 Å². The molecule has 168 valence electrons. The highest BCUT2D eigenvalue weighted by Crippen LogP contribution is 2.32. The van der Waals surface area contributed by atoms with E-state index in [4.69, 9.17) is 16.7 Å². The minimum absolute atomic E-state index is 0.107. The quantitative estimate of drug-likeness (QED) is 0.134. The number of hydrogen-bond acceptors (Lipinski definition) is 7. The summed E-state index contributed by atoms with van der Waals surface area (Å²) in [5.74, 6) is -2.68. The van der Waals surface area contributed by atoms with Crippen LogP contribution in [-0.2, 0) is 19.2 Å². The number of carbonyl (C=O) groups is 4. The Morgan fingerprint density at radius 2 is 1.59 bits per heavy atom. The molecule has 0 aromatic carbocycles. The minimum Gasteiger partial charge on any atom is -0.352 e. The van der Waals surface area contributed by atoms with Crippen molar-refractivity contribution in [3.8, 4) is 0 Å². The molecule has 0 heterocycles. The highest BCUT2D eigenvalue weighted by atomic mass is 16.5. The lowest BCUT2D eigenvalue weighted by Crippen LogP contribution is -2.71. The first-order valence-corrected chi connectivity index (χ1v) is 9.89. The third kappa shape index (κ3) is 6.48. The smallest absolute Gasteiger partial charge is 0.254 e. The van der Waals surface area contributed by atoms with Crippen LogP contribution in [0.25, 0.3) is 0 Å². The molecule has 0 aliphatic carbocycles. The Kier molecular flexibility index (Phi) is 10.4. The Hall–Kier alpha value is -2.04. The van der Waals surface area contributed by atoms with E-state index >= 15 is 0 Å². The lowest BCUT2D eigenvalue weighted by molar-refractivity contribution is -0.149. The number of hydroxylamine groups is 1. The van der Waals surface area contributed by atoms with Crippen molar-refractivity contribution in [2.24, 2.45) is 22.3 Å². The van der Waals surface area contributed by atoms with Crippen LogP contribution >= 0.6 is 0 Å². The van der Waals surface area contributed by atoms with Gasteiger partial charge in [0, 0.05) is 31.5 Å². The lowest BCUT2D eigenvalue weighted by atomic mass is 9.73. The van der Waals surface area contributed by atoms with Crippen molar-refractivity contribution < 1.29 is 24.4 Å². The summed E-state index contributed by atoms with van der Waals surface area (Å²) in [4.78, 5) is 51.2. The third-order valence-corrected chi connectivity index (χ3v) is 5.36. The molecule has 10 heteroatoms. The standard InChI is InChI=1S/C19H37N5O5/c1-6-8-18(5,11-13(25)24-29)15(27)23-19(12-21,16(28)22-10-9-20)14(26)17(3,4)7-2/h29H,6-12,20-21H2,1-5H3,(H,22,28)(H,23,27)(H,24,25)/t18?,19-/m1/s1. The molecule has 0 aromatic rings. The Morgan fingerprint density at radius 1 is 1.00 bits per heavy atom. The second-order valence-electron chi connectivity index (χ2n) is 8.20. The van der Waals surface area contributed by atoms with Gasteiger partial charge in [-0.1, -0.05) is 41.0 Å². The van der Waals surface area contributed by atoms with E-state index in [1.807, 2.05) is 6.92 Å². The second kappa shape index (κ2) is 11.2. The van der Waals surface area contributed by atoms with Crippen molar-refractivity contribution in [2.75, 3.05) is 19.6 Å². The topological polar surface area (TPSA) is 177 Å². The van der Waals surface area contributed by atoms with E-state index in [1.54, 1.807) is 20.8 Å². The van der Waals surface area contributed by atoms with Crippen molar-refractivity contribution in [2.45, 2.75) is 65.8 Å². The molecule has 0 spiro atoms. The van der Waals surface area contributed by atoms with Gasteiger partial charge in [0.1, 0.15) is 0 Å². The summed E-state index contributed by atoms with van der Waals surface area (Å²) in [7, 11) is 0. The zero-order valence-corrected chi connectivity index (χ0v) is 18.2. The second-order valence-corrected chi connectivity index (χ2v) is 8.20. The van der Waals surface area contributed by atoms with Crippen LogP contribution in [0.4, 0.5) is 0 Å². The Bertz CT molecular complexity index is 610. The van der Waals surface area contributed by atoms with Gasteiger partial charge in [-0.25, -0.2) is 5.48 Å². The van der Waals surface area contributed by atoms with Crippen molar-refractivity contribution >= 4 is 23.5 Å². The van der Waals surface area contributed by atoms with E-state index in [0.29, 0.717) is 19.3 Å². The van der Waals surface area contributed by atoms with E-state index < -0.39 is 46.4 Å². The highest BCUT2D eigenvalue weighted by molar-refractivity contribution is 6.15. The van der Waals surface area contributed by atoms with Gasteiger partial charge in [0.25, 0.3) is 5.91 Å². The Labute approximate surface area is 172 Å². The molecule has 10 nitrogen and oxygen atoms in total. The molecule has 0 aliphatic rings. The first-order chi connectivity index (χ1) is 13.4. The van der Waals surface area contributed by atoms with Crippen LogP contribution in [0.15, 0.2) is 0 Å². The van der Waals surface area contributed by atoms with Crippen LogP contribution in [0.3, 0.4) is 0 Å². The van der Waals surface area contributed by atoms with Crippen LogP contribution in [0.2, 0.25) is 0 Å². The number of nitrogens with one attached hydrogen (secondary N) is 3. The normalized spacial score (nSPS) is 15.6. The predicted molar refractivity (Wildman–Crippen MR) is 109 cm³/mol. The summed E-state index contributed by atoms with van der Waals surface area (Å²) in [5, 5.41) is 14.0. The van der Waals surface area contributed by atoms with Gasteiger partial charge >= 0.3 is 0 Å². The van der Waals surface area contributed by atoms with E-state index in [1.165, 1.54) is 12.4 Å². The predicted octanol–water partition coefficient (Wildman–Crippen LogP) is -0.418. The van der Waals surface area contributed by atoms with Crippen LogP contribution in [-0.4, -0.2) is 53.9 Å². The van der Waals surface area contributed by atoms with Gasteiger partial charge in [-0.05, 0) is 12.8 Å². The Balaban J connectivity index is 6.19. The van der Waals surface area contributed by atoms with Gasteiger partial charge in [-0.3, -0.25) is 24.4 Å². The molecular weight excluding hydrogens is 378 g/mol. The van der Waals surface area contributed by atoms with Crippen molar-refractivity contribution in [3.63, 3.8) is 0 Å². The third-order valence-electron chi connectivity index (χ3n) is 5.36. The number of hydrogen-bond donors (Lipinski definition) is 6. The molecule has 0 aliphatic heterocycles. The fourth-order valence-corrected chi connectivity index (χ4v) is 3.10. The van der Waals surface area contributed by atoms with E-state index in [9.17, 15) is 19.2 Å². The fraction of sp³-hybridized carbons (Fsp3) is 0.789. The number of nitrogens with two attached hydrogens (primary N) is 2. The molecule has 0 fully saturated rings. The monoisotopic (exact) mass is 415 g/mol. The van der Waals surface area contributed by atoms with Crippen LogP contribution in [0, 0.1) is 10.8 Å². The number of rotatable bonds is 13. The van der Waals surface area contributed by atoms with Crippen molar-refractivity contribution in [1.29, 1.82) is 0 Å². The maximum absolute atomic E-state index is 13.3. The summed E-state index contributed by atoms with van der Waals surface area (Å²) in [6, 6.07) is 0. The molecule has 0 aromatic heterocycles. The molecule has 2 atom stereocenters. The first-order valence-electron chi connectivity index (χ1n) is 9.89. The molecular formula is C19H37N5O5. The van der Waals surface area contributed by atoms with E-state index in [-0.39, 0.29) is 19.5 Å². The van der Waals surface area contributed by atoms with Crippen molar-refractivity contribution in [1.82, 2.24) is 16.1 Å². The minimum atomic E-state index is -2.00. The summed E-state index contributed by atoms with van der Waals surface area (Å²) >= 11 is 0. The summed E-state index contributed by atoms with van der Waals surface area (Å²) in [5.41, 5.74) is 8.64. The highest BCUT2D eigenvalue weighted by Gasteiger charge is 2.52. The summed E-state index contributed by atoms with van der Waals surface area (Å²) in [6.07, 6.45) is 0.959. The van der Waals surface area contributed by atoms with E-state index in [0.717, 1.165) is 0 Å². The average molecular weight is 416 g/mol. The Morgan fingerprint density at radius 3 is 2.00 bits per heavy atom. The SMILES string of the molecule is CCCC(C)(CC(=O)NO)C(=O)N[C@@](CN)(C(=O)NCCN)C(=O)C(C)(C)CC. The van der Waals surface area contributed by atoms with Crippen LogP contribution in [0.1, 0.15) is 60.3 Å². The maximum Gasteiger partial charge on any atom is 0.254 e. The number of amides is 3. The number of Topliss-reactive ketones (excluding diaryl/α,β-unsaturated/α-hetero) is 1. The molecule has 3 amide bonds. The summed E-state index contributed by atoms with van der Waals surface area (Å²) < 4.78 is 0. The molecule has 8 N–H and O–H groups in total. The number of carbonyl (C=O) groups excluding carboxylic acids is 4. The maximum atomic E-state index is 13.3. The molecule has 29 heavy (non-hydrogen) atoms. The molecule has 0 rings (SSSR count). The van der Waals surface area contributed by atoms with Gasteiger partial charge in [0.05, 0.1) is 5.41 Å². The fourth-order valence-electron chi connectivity index (χ4n) is 3.10. The number of ketones is 1. The zero-order chi connectivity index (χ0) is 22.9. The van der Waals surface area contributed by atoms with Gasteiger partial charge in [-0.15, -0.1) is 0 Å². The molecule has 0 radical (unpaired) electrons. The first kappa shape index (κ1) is 27.0. The molecule has 0 saturated heterocycles. The molecule has 1 unspecified atom stereocenters. The van der Waals surface area contributed by atoms with Gasteiger partial charge in [-0.2, -0.15) is 0 Å². The zero-order valence-electron chi connectivity index (χ0n) is 18.2. The summed E-state index contributed by atoms with van der Waals surface area (Å²) in [6.45, 7) is 8.31. The lowest BCUT2D eigenvalue weighted by Gasteiger charge is -2.39. The van der Waals surface area contributed by atoms with Crippen LogP contribution in [0.5, 0.6) is 0 Å². The largest absolute Gasteiger partial charge is 0.352 e.